The van der Waals surface area contributed by atoms with Crippen molar-refractivity contribution in [3.05, 3.63) is 76.0 Å². The number of nitrogens with two attached hydrogens (primary N) is 1. The van der Waals surface area contributed by atoms with Gasteiger partial charge in [0.1, 0.15) is 11.8 Å². The minimum atomic E-state index is -0.519. The number of nitro groups is 1. The smallest absolute Gasteiger partial charge is 0.407 e. The van der Waals surface area contributed by atoms with E-state index < -0.39 is 16.6 Å². The molecular formula is C31H41N7O4. The van der Waals surface area contributed by atoms with Crippen LogP contribution in [0, 0.1) is 22.0 Å². The fourth-order valence-corrected chi connectivity index (χ4v) is 5.07. The second kappa shape index (κ2) is 14.1. The molecule has 1 aromatic heterocycles. The maximum atomic E-state index is 11.9. The summed E-state index contributed by atoms with van der Waals surface area (Å²) >= 11 is 0. The number of rotatable bonds is 11. The number of hydrogen-bond acceptors (Lipinski definition) is 9. The molecule has 1 saturated carbocycles. The number of benzene rings is 2. The van der Waals surface area contributed by atoms with Crippen molar-refractivity contribution in [2.75, 3.05) is 23.7 Å². The van der Waals surface area contributed by atoms with Gasteiger partial charge in [0.05, 0.1) is 4.92 Å². The first-order valence-electron chi connectivity index (χ1n) is 14.4. The van der Waals surface area contributed by atoms with Gasteiger partial charge in [0.25, 0.3) is 0 Å². The van der Waals surface area contributed by atoms with Crippen LogP contribution < -0.4 is 21.7 Å². The largest absolute Gasteiger partial charge is 0.444 e. The molecule has 1 aliphatic carbocycles. The average molecular weight is 576 g/mol. The molecule has 1 fully saturated rings. The molecule has 0 radical (unpaired) electrons. The molecule has 11 heteroatoms. The van der Waals surface area contributed by atoms with Gasteiger partial charge in [-0.25, -0.2) is 9.78 Å². The number of carbonyl (C=O) groups is 1. The Morgan fingerprint density at radius 3 is 2.24 bits per heavy atom. The number of alkyl carbamates (subject to hydrolysis) is 1. The fraction of sp³-hybridized carbons (Fsp3) is 0.452. The molecule has 4 rings (SSSR count). The highest BCUT2D eigenvalue weighted by molar-refractivity contribution is 5.67. The van der Waals surface area contributed by atoms with Crippen molar-refractivity contribution >= 4 is 23.5 Å². The lowest BCUT2D eigenvalue weighted by atomic mass is 9.82. The molecule has 1 amide bonds. The lowest BCUT2D eigenvalue weighted by Gasteiger charge is -2.29. The van der Waals surface area contributed by atoms with Gasteiger partial charge in [-0.2, -0.15) is 4.98 Å². The summed E-state index contributed by atoms with van der Waals surface area (Å²) < 4.78 is 5.32. The highest BCUT2D eigenvalue weighted by Crippen LogP contribution is 2.30. The molecule has 0 spiro atoms. The van der Waals surface area contributed by atoms with Crippen LogP contribution in [0.15, 0.2) is 54.7 Å². The number of ether oxygens (including phenoxy) is 1. The average Bonchev–Trinajstić information content (AvgIpc) is 2.97. The Kier molecular flexibility index (Phi) is 10.3. The highest BCUT2D eigenvalue weighted by Gasteiger charge is 2.24. The molecule has 5 N–H and O–H groups in total. The molecule has 0 saturated heterocycles. The maximum absolute atomic E-state index is 11.9. The second-order valence-corrected chi connectivity index (χ2v) is 11.8. The highest BCUT2D eigenvalue weighted by atomic mass is 16.6. The summed E-state index contributed by atoms with van der Waals surface area (Å²) in [5, 5.41) is 20.9. The molecule has 0 unspecified atom stereocenters. The Balaban J connectivity index is 1.30. The Morgan fingerprint density at radius 1 is 1.00 bits per heavy atom. The molecule has 224 valence electrons. The third-order valence-electron chi connectivity index (χ3n) is 7.30. The molecule has 1 aliphatic rings. The van der Waals surface area contributed by atoms with Crippen molar-refractivity contribution in [2.45, 2.75) is 65.1 Å². The van der Waals surface area contributed by atoms with Gasteiger partial charge in [-0.05, 0) is 92.7 Å². The summed E-state index contributed by atoms with van der Waals surface area (Å²) in [6.07, 6.45) is 4.71. The van der Waals surface area contributed by atoms with Crippen molar-refractivity contribution in [1.29, 1.82) is 0 Å². The third kappa shape index (κ3) is 9.13. The van der Waals surface area contributed by atoms with E-state index in [1.54, 1.807) is 0 Å². The number of amides is 1. The molecule has 0 bridgehead atoms. The van der Waals surface area contributed by atoms with Crippen LogP contribution in [0.4, 0.5) is 22.2 Å². The summed E-state index contributed by atoms with van der Waals surface area (Å²) in [6.45, 7) is 7.64. The normalized spacial score (nSPS) is 16.9. The van der Waals surface area contributed by atoms with Gasteiger partial charge in [-0.15, -0.1) is 0 Å². The van der Waals surface area contributed by atoms with Gasteiger partial charge in [0.2, 0.25) is 11.8 Å². The Bertz CT molecular complexity index is 1370. The summed E-state index contributed by atoms with van der Waals surface area (Å²) in [4.78, 5) is 31.7. The van der Waals surface area contributed by atoms with Crippen LogP contribution in [-0.4, -0.2) is 39.7 Å². The van der Waals surface area contributed by atoms with Crippen molar-refractivity contribution in [1.82, 2.24) is 15.3 Å². The van der Waals surface area contributed by atoms with E-state index in [4.69, 9.17) is 10.5 Å². The van der Waals surface area contributed by atoms with E-state index >= 15 is 0 Å². The Labute approximate surface area is 246 Å². The fourth-order valence-electron chi connectivity index (χ4n) is 5.07. The van der Waals surface area contributed by atoms with E-state index in [-0.39, 0.29) is 11.5 Å². The van der Waals surface area contributed by atoms with Crippen LogP contribution in [0.3, 0.4) is 0 Å². The van der Waals surface area contributed by atoms with Gasteiger partial charge >= 0.3 is 11.8 Å². The topological polar surface area (TPSA) is 157 Å². The van der Waals surface area contributed by atoms with E-state index in [2.05, 4.69) is 50.2 Å². The molecular weight excluding hydrogens is 534 g/mol. The van der Waals surface area contributed by atoms with Gasteiger partial charge in [0, 0.05) is 26.2 Å². The van der Waals surface area contributed by atoms with Crippen molar-refractivity contribution in [3.8, 4) is 11.1 Å². The molecule has 0 aliphatic heterocycles. The van der Waals surface area contributed by atoms with E-state index in [0.29, 0.717) is 44.0 Å². The molecule has 2 aromatic carbocycles. The third-order valence-corrected chi connectivity index (χ3v) is 7.30. The monoisotopic (exact) mass is 575 g/mol. The van der Waals surface area contributed by atoms with Crippen molar-refractivity contribution < 1.29 is 14.5 Å². The summed E-state index contributed by atoms with van der Waals surface area (Å²) in [7, 11) is 0. The van der Waals surface area contributed by atoms with Gasteiger partial charge in [-0.3, -0.25) is 10.1 Å². The SMILES string of the molecule is CC(C)(C)OC(=O)NC[C@H]1CC[C@H](CNc2nc(NCc3cccc(-c4cccc(CN)c4)c3)ncc2[N+](=O)[O-])CC1. The standard InChI is InChI=1S/C31H41N7O4/c1-31(2,3)42-30(39)36-18-22-12-10-21(11-13-22)17-33-28-27(38(40)41)20-35-29(37-28)34-19-24-7-5-9-26(15-24)25-8-4-6-23(14-25)16-32/h4-9,14-15,20-22H,10-13,16-19,32H2,1-3H3,(H,36,39)(H2,33,34,35,37)/t21-,22-. The quantitative estimate of drug-likeness (QED) is 0.162. The Hall–Kier alpha value is -4.25. The van der Waals surface area contributed by atoms with E-state index in [9.17, 15) is 14.9 Å². The lowest BCUT2D eigenvalue weighted by molar-refractivity contribution is -0.384. The number of hydrogen-bond donors (Lipinski definition) is 4. The number of anilines is 2. The number of nitrogens with one attached hydrogen (secondary N) is 3. The van der Waals surface area contributed by atoms with Crippen LogP contribution in [0.25, 0.3) is 11.1 Å². The lowest BCUT2D eigenvalue weighted by Crippen LogP contribution is -2.36. The molecule has 3 aromatic rings. The van der Waals surface area contributed by atoms with E-state index in [1.165, 1.54) is 6.20 Å². The number of nitrogens with zero attached hydrogens (tertiary/aromatic N) is 3. The molecule has 0 atom stereocenters. The second-order valence-electron chi connectivity index (χ2n) is 11.8. The predicted octanol–water partition coefficient (Wildman–Crippen LogP) is 5.87. The summed E-state index contributed by atoms with van der Waals surface area (Å²) in [6, 6.07) is 16.3. The van der Waals surface area contributed by atoms with Crippen LogP contribution in [0.5, 0.6) is 0 Å². The van der Waals surface area contributed by atoms with Crippen LogP contribution in [0.1, 0.15) is 57.6 Å². The first-order valence-corrected chi connectivity index (χ1v) is 14.4. The zero-order chi connectivity index (χ0) is 30.1. The predicted molar refractivity (Wildman–Crippen MR) is 164 cm³/mol. The zero-order valence-electron chi connectivity index (χ0n) is 24.6. The summed E-state index contributed by atoms with van der Waals surface area (Å²) in [5.74, 6) is 1.27. The van der Waals surface area contributed by atoms with Gasteiger partial charge in [-0.1, -0.05) is 36.4 Å². The van der Waals surface area contributed by atoms with Gasteiger partial charge < -0.3 is 26.4 Å². The first kappa shape index (κ1) is 30.7. The van der Waals surface area contributed by atoms with Gasteiger partial charge in [0.15, 0.2) is 0 Å². The molecule has 42 heavy (non-hydrogen) atoms. The van der Waals surface area contributed by atoms with Crippen molar-refractivity contribution in [2.24, 2.45) is 17.6 Å². The Morgan fingerprint density at radius 2 is 1.62 bits per heavy atom. The number of aromatic nitrogens is 2. The van der Waals surface area contributed by atoms with Crippen molar-refractivity contribution in [3.63, 3.8) is 0 Å². The van der Waals surface area contributed by atoms with E-state index in [1.807, 2.05) is 45.0 Å². The minimum absolute atomic E-state index is 0.155. The number of carbonyl (C=O) groups excluding carboxylic acids is 1. The van der Waals surface area contributed by atoms with E-state index in [0.717, 1.165) is 47.9 Å². The summed E-state index contributed by atoms with van der Waals surface area (Å²) in [5.41, 5.74) is 9.38. The van der Waals surface area contributed by atoms with Crippen LogP contribution in [0.2, 0.25) is 0 Å². The zero-order valence-corrected chi connectivity index (χ0v) is 24.6. The minimum Gasteiger partial charge on any atom is -0.444 e. The molecule has 1 heterocycles. The van der Waals surface area contributed by atoms with Crippen LogP contribution in [-0.2, 0) is 17.8 Å². The van der Waals surface area contributed by atoms with Crippen LogP contribution >= 0.6 is 0 Å². The first-order chi connectivity index (χ1) is 20.1. The molecule has 11 nitrogen and oxygen atoms in total. The maximum Gasteiger partial charge on any atom is 0.407 e.